The van der Waals surface area contributed by atoms with Crippen molar-refractivity contribution in [2.75, 3.05) is 0 Å². The molecule has 4 nitrogen and oxygen atoms in total. The maximum Gasteiger partial charge on any atom is 0.150 e. The van der Waals surface area contributed by atoms with Gasteiger partial charge in [0.15, 0.2) is 0 Å². The highest BCUT2D eigenvalue weighted by Crippen LogP contribution is 2.20. The topological polar surface area (TPSA) is 72.4 Å². The predicted octanol–water partition coefficient (Wildman–Crippen LogP) is 0.431. The van der Waals surface area contributed by atoms with E-state index in [1.165, 1.54) is 11.3 Å². The fourth-order valence-corrected chi connectivity index (χ4v) is 1.95. The highest BCUT2D eigenvalue weighted by Gasteiger charge is 2.07. The van der Waals surface area contributed by atoms with E-state index < -0.39 is 17.5 Å². The Labute approximate surface area is 76.7 Å². The number of hydrogen-bond donors (Lipinski definition) is 2. The minimum atomic E-state index is -2.43. The average Bonchev–Trinajstić information content (AvgIpc) is 2.34. The second-order valence-corrected chi connectivity index (χ2v) is 4.23. The summed E-state index contributed by atoms with van der Waals surface area (Å²) in [5, 5.41) is 9.21. The normalized spacial score (nSPS) is 15.9. The number of aliphatic hydroxyl groups is 1. The molecule has 0 aliphatic carbocycles. The predicted molar refractivity (Wildman–Crippen MR) is 46.1 cm³/mol. The fraction of sp³-hybridized carbons (Fsp3) is 0.333. The Hall–Kier alpha value is -0.270. The van der Waals surface area contributed by atoms with Crippen LogP contribution in [0.1, 0.15) is 16.0 Å². The summed E-state index contributed by atoms with van der Waals surface area (Å²) < 4.78 is 22.2. The Balaban J connectivity index is 2.64. The Morgan fingerprint density at radius 1 is 1.75 bits per heavy atom. The molecule has 0 saturated heterocycles. The number of thiophene rings is 1. The zero-order chi connectivity index (χ0) is 9.14. The number of hydrogen-bond acceptors (Lipinski definition) is 4. The minimum Gasteiger partial charge on any atom is -0.760 e. The van der Waals surface area contributed by atoms with Crippen molar-refractivity contribution >= 4 is 22.6 Å². The second-order valence-electron chi connectivity index (χ2n) is 2.20. The van der Waals surface area contributed by atoms with Gasteiger partial charge < -0.3 is 9.66 Å². The number of aliphatic hydroxyl groups excluding tert-OH is 1. The Morgan fingerprint density at radius 3 is 2.83 bits per heavy atom. The fourth-order valence-electron chi connectivity index (χ4n) is 0.750. The summed E-state index contributed by atoms with van der Waals surface area (Å²) in [4.78, 5) is 1.62. The minimum absolute atomic E-state index is 0.594. The summed E-state index contributed by atoms with van der Waals surface area (Å²) in [5.74, 6) is 0. The number of rotatable bonds is 3. The molecule has 0 fully saturated rings. The van der Waals surface area contributed by atoms with Crippen LogP contribution in [0.15, 0.2) is 12.1 Å². The van der Waals surface area contributed by atoms with Gasteiger partial charge in [0.1, 0.15) is 6.23 Å². The molecule has 1 heterocycles. The molecule has 0 radical (unpaired) electrons. The molecule has 6 heteroatoms. The SMILES string of the molecule is Cc1ccc(C(O)NS(=O)[O-])s1. The van der Waals surface area contributed by atoms with E-state index in [4.69, 9.17) is 0 Å². The largest absolute Gasteiger partial charge is 0.760 e. The van der Waals surface area contributed by atoms with Crippen LogP contribution in [0.3, 0.4) is 0 Å². The molecule has 2 unspecified atom stereocenters. The molecule has 2 N–H and O–H groups in total. The zero-order valence-corrected chi connectivity index (χ0v) is 7.95. The van der Waals surface area contributed by atoms with E-state index >= 15 is 0 Å². The molecule has 0 spiro atoms. The van der Waals surface area contributed by atoms with Crippen molar-refractivity contribution in [2.45, 2.75) is 13.2 Å². The number of aryl methyl sites for hydroxylation is 1. The van der Waals surface area contributed by atoms with Crippen LogP contribution >= 0.6 is 11.3 Å². The summed E-state index contributed by atoms with van der Waals surface area (Å²) in [6.45, 7) is 1.88. The summed E-state index contributed by atoms with van der Waals surface area (Å²) in [7, 11) is 0. The molecule has 0 aliphatic heterocycles. The average molecular weight is 206 g/mol. The maximum absolute atomic E-state index is 10.1. The van der Waals surface area contributed by atoms with Gasteiger partial charge in [-0.25, -0.2) is 4.72 Å². The quantitative estimate of drug-likeness (QED) is 0.556. The second kappa shape index (κ2) is 4.11. The van der Waals surface area contributed by atoms with E-state index in [-0.39, 0.29) is 0 Å². The first kappa shape index (κ1) is 9.82. The lowest BCUT2D eigenvalue weighted by atomic mass is 10.4. The van der Waals surface area contributed by atoms with Crippen LogP contribution in [-0.2, 0) is 11.3 Å². The molecule has 2 atom stereocenters. The van der Waals surface area contributed by atoms with Gasteiger partial charge in [-0.3, -0.25) is 4.21 Å². The lowest BCUT2D eigenvalue weighted by Crippen LogP contribution is -2.21. The van der Waals surface area contributed by atoms with Gasteiger partial charge in [0, 0.05) is 21.0 Å². The van der Waals surface area contributed by atoms with Crippen molar-refractivity contribution in [1.82, 2.24) is 4.72 Å². The van der Waals surface area contributed by atoms with Crippen molar-refractivity contribution in [3.63, 3.8) is 0 Å². The van der Waals surface area contributed by atoms with Crippen LogP contribution in [0.5, 0.6) is 0 Å². The van der Waals surface area contributed by atoms with Crippen LogP contribution in [0, 0.1) is 6.92 Å². The molecule has 12 heavy (non-hydrogen) atoms. The molecule has 68 valence electrons. The molecule has 0 aliphatic rings. The smallest absolute Gasteiger partial charge is 0.150 e. The molecule has 1 rings (SSSR count). The molecule has 0 bridgehead atoms. The van der Waals surface area contributed by atoms with Crippen LogP contribution in [0.25, 0.3) is 0 Å². The van der Waals surface area contributed by atoms with Crippen LogP contribution in [0.4, 0.5) is 0 Å². The molecular formula is C6H8NO3S2-. The highest BCUT2D eigenvalue weighted by atomic mass is 32.2. The first-order chi connectivity index (χ1) is 5.59. The Kier molecular flexibility index (Phi) is 3.36. The van der Waals surface area contributed by atoms with Gasteiger partial charge in [-0.15, -0.1) is 11.3 Å². The molecule has 0 amide bonds. The Morgan fingerprint density at radius 2 is 2.42 bits per heavy atom. The molecule has 1 aromatic rings. The lowest BCUT2D eigenvalue weighted by molar-refractivity contribution is 0.169. The first-order valence-electron chi connectivity index (χ1n) is 3.19. The van der Waals surface area contributed by atoms with Crippen molar-refractivity contribution in [2.24, 2.45) is 0 Å². The van der Waals surface area contributed by atoms with Crippen LogP contribution in [-0.4, -0.2) is 13.9 Å². The molecule has 1 aromatic heterocycles. The van der Waals surface area contributed by atoms with E-state index in [1.807, 2.05) is 17.7 Å². The van der Waals surface area contributed by atoms with Gasteiger partial charge in [-0.1, -0.05) is 0 Å². The maximum atomic E-state index is 10.1. The van der Waals surface area contributed by atoms with Crippen molar-refractivity contribution < 1.29 is 13.9 Å². The third-order valence-electron chi connectivity index (χ3n) is 1.24. The Bertz CT molecular complexity index is 286. The van der Waals surface area contributed by atoms with E-state index in [0.29, 0.717) is 4.88 Å². The first-order valence-corrected chi connectivity index (χ1v) is 5.08. The summed E-state index contributed by atoms with van der Waals surface area (Å²) in [6, 6.07) is 3.50. The third kappa shape index (κ3) is 2.65. The van der Waals surface area contributed by atoms with E-state index in [9.17, 15) is 13.9 Å². The van der Waals surface area contributed by atoms with Crippen LogP contribution < -0.4 is 4.72 Å². The van der Waals surface area contributed by atoms with E-state index in [0.717, 1.165) is 4.88 Å². The summed E-state index contributed by atoms with van der Waals surface area (Å²) in [5.41, 5.74) is 0. The number of nitrogens with one attached hydrogen (secondary N) is 1. The summed E-state index contributed by atoms with van der Waals surface area (Å²) >= 11 is -1.08. The van der Waals surface area contributed by atoms with Gasteiger partial charge in [0.2, 0.25) is 0 Å². The molecular weight excluding hydrogens is 198 g/mol. The third-order valence-corrected chi connectivity index (χ3v) is 2.71. The van der Waals surface area contributed by atoms with Crippen molar-refractivity contribution in [3.8, 4) is 0 Å². The highest BCUT2D eigenvalue weighted by molar-refractivity contribution is 7.77. The van der Waals surface area contributed by atoms with Gasteiger partial charge >= 0.3 is 0 Å². The van der Waals surface area contributed by atoms with Crippen molar-refractivity contribution in [3.05, 3.63) is 21.9 Å². The van der Waals surface area contributed by atoms with Crippen LogP contribution in [0.2, 0.25) is 0 Å². The lowest BCUT2D eigenvalue weighted by Gasteiger charge is -2.12. The summed E-state index contributed by atoms with van der Waals surface area (Å²) in [6.07, 6.45) is -1.12. The van der Waals surface area contributed by atoms with E-state index in [1.54, 1.807) is 6.07 Å². The standard InChI is InChI=1S/C6H9NO3S2/c1-4-2-3-5(11-4)6(8)7-12(9)10/h2-3,6-8H,1H3,(H,9,10)/p-1. The molecule has 0 aromatic carbocycles. The van der Waals surface area contributed by atoms with Crippen molar-refractivity contribution in [1.29, 1.82) is 0 Å². The van der Waals surface area contributed by atoms with E-state index in [2.05, 4.69) is 0 Å². The zero-order valence-electron chi connectivity index (χ0n) is 6.31. The molecule has 0 saturated carbocycles. The van der Waals surface area contributed by atoms with Gasteiger partial charge in [0.25, 0.3) is 0 Å². The van der Waals surface area contributed by atoms with Gasteiger partial charge in [0.05, 0.1) is 0 Å². The monoisotopic (exact) mass is 206 g/mol. The van der Waals surface area contributed by atoms with Gasteiger partial charge in [-0.05, 0) is 19.1 Å². The van der Waals surface area contributed by atoms with Gasteiger partial charge in [-0.2, -0.15) is 0 Å².